The minimum Gasteiger partial charge on any atom is -0.480 e. The quantitative estimate of drug-likeness (QED) is 0.642. The molecule has 10 heteroatoms. The predicted molar refractivity (Wildman–Crippen MR) is 101 cm³/mol. The number of carboxylic acids is 1. The van der Waals surface area contributed by atoms with Crippen LogP contribution in [0.25, 0.3) is 0 Å². The first-order valence-electron chi connectivity index (χ1n) is 8.56. The van der Waals surface area contributed by atoms with E-state index in [2.05, 4.69) is 10.3 Å². The number of anilines is 1. The number of carbonyl (C=O) groups excluding carboxylic acids is 1. The monoisotopic (exact) mass is 413 g/mol. The van der Waals surface area contributed by atoms with Crippen LogP contribution in [0.15, 0.2) is 17.1 Å². The normalized spacial score (nSPS) is 28.8. The van der Waals surface area contributed by atoms with Gasteiger partial charge in [0.2, 0.25) is 0 Å². The average molecular weight is 413 g/mol. The van der Waals surface area contributed by atoms with Crippen LogP contribution >= 0.6 is 11.8 Å². The van der Waals surface area contributed by atoms with Crippen molar-refractivity contribution in [2.24, 2.45) is 10.9 Å². The second-order valence-electron chi connectivity index (χ2n) is 8.11. The summed E-state index contributed by atoms with van der Waals surface area (Å²) in [5.41, 5.74) is 3.31. The highest BCUT2D eigenvalue weighted by molar-refractivity contribution is 8.16. The van der Waals surface area contributed by atoms with Gasteiger partial charge in [-0.3, -0.25) is 15.1 Å². The summed E-state index contributed by atoms with van der Waals surface area (Å²) in [6, 6.07) is 2.09. The first kappa shape index (κ1) is 20.4. The van der Waals surface area contributed by atoms with Crippen molar-refractivity contribution in [1.29, 1.82) is 0 Å². The standard InChI is InChI=1S/C18H21F2N3O4S/c1-16(2,3)27-15(26)22-14-23-17(4,11-7-18(11,28-14)13(24)25)9-5-8(21)6-10(19)12(9)20/h5-6,11H,7,21H2,1-4H3,(H,24,25)(H,22,23,26). The van der Waals surface area contributed by atoms with Gasteiger partial charge in [-0.05, 0) is 46.2 Å². The molecule has 1 aliphatic heterocycles. The zero-order chi connectivity index (χ0) is 21.1. The van der Waals surface area contributed by atoms with Crippen LogP contribution in [0.5, 0.6) is 0 Å². The number of carboxylic acid groups (broad SMARTS) is 1. The van der Waals surface area contributed by atoms with Gasteiger partial charge in [0.1, 0.15) is 10.3 Å². The highest BCUT2D eigenvalue weighted by atomic mass is 32.2. The zero-order valence-electron chi connectivity index (χ0n) is 15.8. The second-order valence-corrected chi connectivity index (χ2v) is 9.43. The molecule has 4 N–H and O–H groups in total. The van der Waals surface area contributed by atoms with Crippen molar-refractivity contribution in [3.8, 4) is 0 Å². The average Bonchev–Trinajstić information content (AvgIpc) is 3.26. The van der Waals surface area contributed by atoms with E-state index in [1.54, 1.807) is 20.8 Å². The summed E-state index contributed by atoms with van der Waals surface area (Å²) >= 11 is 0.873. The number of amides is 1. The lowest BCUT2D eigenvalue weighted by atomic mass is 9.85. The number of rotatable bonds is 2. The number of halogens is 2. The van der Waals surface area contributed by atoms with Crippen molar-refractivity contribution in [2.75, 3.05) is 5.73 Å². The Morgan fingerprint density at radius 3 is 2.61 bits per heavy atom. The Morgan fingerprint density at radius 2 is 2.04 bits per heavy atom. The van der Waals surface area contributed by atoms with Gasteiger partial charge in [0.05, 0.1) is 5.54 Å². The molecule has 1 aliphatic carbocycles. The van der Waals surface area contributed by atoms with Crippen LogP contribution < -0.4 is 11.1 Å². The molecule has 1 saturated carbocycles. The van der Waals surface area contributed by atoms with Crippen LogP contribution in [0.2, 0.25) is 0 Å². The SMILES string of the molecule is CC(C)(C)OC(=O)NC1=NC(C)(c2cc(N)cc(F)c2F)C2CC2(C(=O)O)S1. The smallest absolute Gasteiger partial charge is 0.413 e. The molecule has 0 radical (unpaired) electrons. The van der Waals surface area contributed by atoms with Gasteiger partial charge in [0.15, 0.2) is 16.8 Å². The van der Waals surface area contributed by atoms with Gasteiger partial charge >= 0.3 is 12.1 Å². The van der Waals surface area contributed by atoms with Gasteiger partial charge < -0.3 is 15.6 Å². The molecule has 1 aromatic carbocycles. The Bertz CT molecular complexity index is 902. The molecule has 3 unspecified atom stereocenters. The molecular formula is C18H21F2N3O4S. The maximum Gasteiger partial charge on any atom is 0.413 e. The fraction of sp³-hybridized carbons (Fsp3) is 0.500. The zero-order valence-corrected chi connectivity index (χ0v) is 16.6. The number of nitrogen functional groups attached to an aromatic ring is 1. The summed E-state index contributed by atoms with van der Waals surface area (Å²) < 4.78 is 32.4. The second kappa shape index (κ2) is 6.33. The maximum absolute atomic E-state index is 14.6. The largest absolute Gasteiger partial charge is 0.480 e. The van der Waals surface area contributed by atoms with Crippen molar-refractivity contribution in [2.45, 2.75) is 50.0 Å². The van der Waals surface area contributed by atoms with E-state index < -0.39 is 45.5 Å². The highest BCUT2D eigenvalue weighted by Crippen LogP contribution is 2.66. The van der Waals surface area contributed by atoms with E-state index in [9.17, 15) is 23.5 Å². The molecule has 1 heterocycles. The minimum atomic E-state index is -1.42. The molecule has 7 nitrogen and oxygen atoms in total. The van der Waals surface area contributed by atoms with Gasteiger partial charge in [-0.2, -0.15) is 0 Å². The lowest BCUT2D eigenvalue weighted by Gasteiger charge is -2.34. The van der Waals surface area contributed by atoms with Crippen LogP contribution in [0.1, 0.15) is 39.7 Å². The van der Waals surface area contributed by atoms with E-state index in [0.29, 0.717) is 0 Å². The fourth-order valence-electron chi connectivity index (χ4n) is 3.44. The summed E-state index contributed by atoms with van der Waals surface area (Å²) in [4.78, 5) is 28.4. The molecule has 2 aliphatic rings. The number of nitrogens with zero attached hydrogens (tertiary/aromatic N) is 1. The predicted octanol–water partition coefficient (Wildman–Crippen LogP) is 3.23. The summed E-state index contributed by atoms with van der Waals surface area (Å²) in [5.74, 6) is -4.00. The van der Waals surface area contributed by atoms with E-state index >= 15 is 0 Å². The van der Waals surface area contributed by atoms with E-state index in [1.165, 1.54) is 13.0 Å². The minimum absolute atomic E-state index is 0.00761. The lowest BCUT2D eigenvalue weighted by molar-refractivity contribution is -0.137. The Hall–Kier alpha value is -2.36. The number of alkyl carbamates (subject to hydrolysis) is 1. The number of fused-ring (bicyclic) bond motifs is 1. The van der Waals surface area contributed by atoms with Gasteiger partial charge in [0.25, 0.3) is 0 Å². The maximum atomic E-state index is 14.6. The van der Waals surface area contributed by atoms with E-state index in [1.807, 2.05) is 0 Å². The molecule has 1 fully saturated rings. The number of carbonyl (C=O) groups is 2. The van der Waals surface area contributed by atoms with Crippen LogP contribution in [0.4, 0.5) is 19.3 Å². The molecule has 1 aromatic rings. The summed E-state index contributed by atoms with van der Waals surface area (Å²) in [6.07, 6.45) is -0.637. The number of aliphatic imine (C=N–C) groups is 1. The van der Waals surface area contributed by atoms with Gasteiger partial charge in [-0.15, -0.1) is 0 Å². The molecule has 1 amide bonds. The molecule has 0 aromatic heterocycles. The number of nitrogens with one attached hydrogen (secondary N) is 1. The molecular weight excluding hydrogens is 392 g/mol. The van der Waals surface area contributed by atoms with Crippen LogP contribution in [0, 0.1) is 17.6 Å². The number of hydrogen-bond acceptors (Lipinski definition) is 6. The van der Waals surface area contributed by atoms with E-state index in [4.69, 9.17) is 10.5 Å². The third-order valence-electron chi connectivity index (χ3n) is 4.77. The number of hydrogen-bond donors (Lipinski definition) is 3. The van der Waals surface area contributed by atoms with Crippen molar-refractivity contribution in [3.05, 3.63) is 29.3 Å². The first-order chi connectivity index (χ1) is 12.8. The van der Waals surface area contributed by atoms with Gasteiger partial charge in [-0.25, -0.2) is 13.6 Å². The number of thioether (sulfide) groups is 1. The number of nitrogens with two attached hydrogens (primary N) is 1. The fourth-order valence-corrected chi connectivity index (χ4v) is 4.87. The molecule has 3 atom stereocenters. The number of benzene rings is 1. The van der Waals surface area contributed by atoms with Crippen LogP contribution in [-0.4, -0.2) is 32.7 Å². The van der Waals surface area contributed by atoms with Gasteiger partial charge in [0, 0.05) is 17.2 Å². The first-order valence-corrected chi connectivity index (χ1v) is 9.37. The Labute approximate surface area is 164 Å². The topological polar surface area (TPSA) is 114 Å². The van der Waals surface area contributed by atoms with Crippen molar-refractivity contribution in [3.63, 3.8) is 0 Å². The number of ether oxygens (including phenoxy) is 1. The third kappa shape index (κ3) is 3.41. The number of aliphatic carboxylic acids is 1. The van der Waals surface area contributed by atoms with Crippen LogP contribution in [-0.2, 0) is 15.1 Å². The third-order valence-corrected chi connectivity index (χ3v) is 6.14. The summed E-state index contributed by atoms with van der Waals surface area (Å²) in [5, 5.41) is 12.1. The molecule has 28 heavy (non-hydrogen) atoms. The van der Waals surface area contributed by atoms with Crippen molar-refractivity contribution in [1.82, 2.24) is 5.32 Å². The van der Waals surface area contributed by atoms with Crippen molar-refractivity contribution >= 4 is 34.7 Å². The van der Waals surface area contributed by atoms with E-state index in [0.717, 1.165) is 17.8 Å². The summed E-state index contributed by atoms with van der Waals surface area (Å²) in [7, 11) is 0. The highest BCUT2D eigenvalue weighted by Gasteiger charge is 2.71. The molecule has 0 spiro atoms. The lowest BCUT2D eigenvalue weighted by Crippen LogP contribution is -2.43. The van der Waals surface area contributed by atoms with Crippen molar-refractivity contribution < 1.29 is 28.2 Å². The molecule has 0 saturated heterocycles. The Morgan fingerprint density at radius 1 is 1.39 bits per heavy atom. The van der Waals surface area contributed by atoms with Crippen LogP contribution in [0.3, 0.4) is 0 Å². The molecule has 152 valence electrons. The Kier molecular flexibility index (Phi) is 4.61. The van der Waals surface area contributed by atoms with E-state index in [-0.39, 0.29) is 22.8 Å². The molecule has 0 bridgehead atoms. The molecule has 3 rings (SSSR count). The number of amidine groups is 1. The van der Waals surface area contributed by atoms with Gasteiger partial charge in [-0.1, -0.05) is 11.8 Å². The summed E-state index contributed by atoms with van der Waals surface area (Å²) in [6.45, 7) is 6.53. The Balaban J connectivity index is 2.04.